The first-order valence-corrected chi connectivity index (χ1v) is 8.91. The molecular formula is C21H20F6N. The predicted octanol–water partition coefficient (Wildman–Crippen LogP) is 6.44. The van der Waals surface area contributed by atoms with Crippen LogP contribution in [-0.4, -0.2) is 11.4 Å². The van der Waals surface area contributed by atoms with Crippen LogP contribution in [0.15, 0.2) is 48.5 Å². The first kappa shape index (κ1) is 20.7. The second-order valence-corrected chi connectivity index (χ2v) is 7.21. The molecule has 0 aromatic heterocycles. The van der Waals surface area contributed by atoms with Gasteiger partial charge in [-0.25, -0.2) is 0 Å². The van der Waals surface area contributed by atoms with Gasteiger partial charge in [-0.1, -0.05) is 30.3 Å². The van der Waals surface area contributed by atoms with Crippen molar-refractivity contribution in [3.05, 3.63) is 77.2 Å². The first-order chi connectivity index (χ1) is 13.0. The third kappa shape index (κ3) is 4.19. The largest absolute Gasteiger partial charge is 0.416 e. The smallest absolute Gasteiger partial charge is 0.290 e. The monoisotopic (exact) mass is 400 g/mol. The summed E-state index contributed by atoms with van der Waals surface area (Å²) in [4.78, 5) is 1.92. The highest BCUT2D eigenvalue weighted by atomic mass is 19.4. The van der Waals surface area contributed by atoms with E-state index in [-0.39, 0.29) is 12.1 Å². The molecule has 151 valence electrons. The molecule has 1 saturated heterocycles. The van der Waals surface area contributed by atoms with Crippen molar-refractivity contribution >= 4 is 0 Å². The van der Waals surface area contributed by atoms with Crippen LogP contribution in [0.5, 0.6) is 0 Å². The van der Waals surface area contributed by atoms with Crippen molar-refractivity contribution in [3.63, 3.8) is 0 Å². The lowest BCUT2D eigenvalue weighted by Gasteiger charge is -2.45. The van der Waals surface area contributed by atoms with Gasteiger partial charge >= 0.3 is 12.4 Å². The molecule has 1 aliphatic heterocycles. The van der Waals surface area contributed by atoms with Gasteiger partial charge in [-0.2, -0.15) is 26.3 Å². The molecule has 2 aromatic carbocycles. The van der Waals surface area contributed by atoms with Gasteiger partial charge in [0.15, 0.2) is 0 Å². The second-order valence-electron chi connectivity index (χ2n) is 7.21. The van der Waals surface area contributed by atoms with Gasteiger partial charge in [0.25, 0.3) is 0 Å². The van der Waals surface area contributed by atoms with Crippen LogP contribution in [0.2, 0.25) is 0 Å². The zero-order chi connectivity index (χ0) is 20.6. The number of hydrogen-bond donors (Lipinski definition) is 0. The highest BCUT2D eigenvalue weighted by Crippen LogP contribution is 2.41. The molecular weight excluding hydrogens is 380 g/mol. The fraction of sp³-hybridized carbons (Fsp3) is 0.381. The van der Waals surface area contributed by atoms with Crippen molar-refractivity contribution in [1.29, 1.82) is 0 Å². The summed E-state index contributed by atoms with van der Waals surface area (Å²) < 4.78 is 78.6. The number of hydrogen-bond acceptors (Lipinski definition) is 1. The first-order valence-electron chi connectivity index (χ1n) is 8.91. The van der Waals surface area contributed by atoms with Crippen molar-refractivity contribution < 1.29 is 26.3 Å². The van der Waals surface area contributed by atoms with Crippen LogP contribution < -0.4 is 0 Å². The molecule has 3 rings (SSSR count). The van der Waals surface area contributed by atoms with E-state index in [4.69, 9.17) is 0 Å². The van der Waals surface area contributed by atoms with Gasteiger partial charge in [-0.05, 0) is 62.1 Å². The SMILES string of the molecule is CC1(c2ccc(C(F)(F)F)cc2)C[CH]CCN1Cc1ccccc1C(F)(F)F. The number of alkyl halides is 6. The molecule has 0 amide bonds. The number of rotatable bonds is 3. The summed E-state index contributed by atoms with van der Waals surface area (Å²) >= 11 is 0. The highest BCUT2D eigenvalue weighted by Gasteiger charge is 2.39. The van der Waals surface area contributed by atoms with Gasteiger partial charge in [-0.3, -0.25) is 4.90 Å². The maximum atomic E-state index is 13.3. The quantitative estimate of drug-likeness (QED) is 0.536. The van der Waals surface area contributed by atoms with Crippen LogP contribution in [0.4, 0.5) is 26.3 Å². The summed E-state index contributed by atoms with van der Waals surface area (Å²) in [5.41, 5.74) is -1.29. The van der Waals surface area contributed by atoms with Gasteiger partial charge < -0.3 is 0 Å². The average molecular weight is 400 g/mol. The Labute approximate surface area is 160 Å². The van der Waals surface area contributed by atoms with Crippen LogP contribution in [0.1, 0.15) is 42.0 Å². The summed E-state index contributed by atoms with van der Waals surface area (Å²) in [6.45, 7) is 2.46. The lowest BCUT2D eigenvalue weighted by molar-refractivity contribution is -0.139. The molecule has 28 heavy (non-hydrogen) atoms. The zero-order valence-corrected chi connectivity index (χ0v) is 15.2. The molecule has 0 aliphatic carbocycles. The minimum atomic E-state index is -4.46. The molecule has 2 aromatic rings. The predicted molar refractivity (Wildman–Crippen MR) is 94.2 cm³/mol. The molecule has 0 spiro atoms. The van der Waals surface area contributed by atoms with Crippen molar-refractivity contribution in [2.45, 2.75) is 44.2 Å². The van der Waals surface area contributed by atoms with E-state index in [0.29, 0.717) is 24.9 Å². The van der Waals surface area contributed by atoms with Crippen molar-refractivity contribution in [1.82, 2.24) is 4.90 Å². The topological polar surface area (TPSA) is 3.24 Å². The number of likely N-dealkylation sites (tertiary alicyclic amines) is 1. The molecule has 0 N–H and O–H groups in total. The van der Waals surface area contributed by atoms with E-state index in [1.165, 1.54) is 24.3 Å². The van der Waals surface area contributed by atoms with Crippen molar-refractivity contribution in [3.8, 4) is 0 Å². The van der Waals surface area contributed by atoms with E-state index in [0.717, 1.165) is 18.2 Å². The Morgan fingerprint density at radius 2 is 1.54 bits per heavy atom. The Morgan fingerprint density at radius 3 is 2.14 bits per heavy atom. The lowest BCUT2D eigenvalue weighted by atomic mass is 9.81. The summed E-state index contributed by atoms with van der Waals surface area (Å²) in [5, 5.41) is 0. The molecule has 1 unspecified atom stereocenters. The normalized spacial score (nSPS) is 21.7. The van der Waals surface area contributed by atoms with Gasteiger partial charge in [0.05, 0.1) is 11.1 Å². The summed E-state index contributed by atoms with van der Waals surface area (Å²) in [5.74, 6) is 0. The molecule has 1 radical (unpaired) electrons. The van der Waals surface area contributed by atoms with Gasteiger partial charge in [0.2, 0.25) is 0 Å². The van der Waals surface area contributed by atoms with Crippen molar-refractivity contribution in [2.24, 2.45) is 0 Å². The van der Waals surface area contributed by atoms with Crippen LogP contribution in [0.25, 0.3) is 0 Å². The standard InChI is InChI=1S/C21H20F6N/c1-19(16-8-10-17(11-9-16)20(22,23)24)12-4-5-13-28(19)14-15-6-2-3-7-18(15)21(25,26)27/h2-4,6-11H,5,12-14H2,1H3. The average Bonchev–Trinajstić information content (AvgIpc) is 2.63. The molecule has 1 fully saturated rings. The lowest BCUT2D eigenvalue weighted by Crippen LogP contribution is -2.47. The van der Waals surface area contributed by atoms with Crippen LogP contribution >= 0.6 is 0 Å². The Balaban J connectivity index is 1.93. The van der Waals surface area contributed by atoms with Crippen LogP contribution in [-0.2, 0) is 24.4 Å². The molecule has 1 atom stereocenters. The van der Waals surface area contributed by atoms with Crippen LogP contribution in [0, 0.1) is 6.42 Å². The Hall–Kier alpha value is -2.02. The van der Waals surface area contributed by atoms with Gasteiger partial charge in [0, 0.05) is 12.1 Å². The van der Waals surface area contributed by atoms with E-state index < -0.39 is 29.0 Å². The minimum absolute atomic E-state index is 0.0705. The number of nitrogens with zero attached hydrogens (tertiary/aromatic N) is 1. The fourth-order valence-corrected chi connectivity index (χ4v) is 3.72. The molecule has 1 heterocycles. The van der Waals surface area contributed by atoms with E-state index in [2.05, 4.69) is 0 Å². The molecule has 1 nitrogen and oxygen atoms in total. The van der Waals surface area contributed by atoms with E-state index in [1.807, 2.05) is 18.2 Å². The fourth-order valence-electron chi connectivity index (χ4n) is 3.72. The number of benzene rings is 2. The second kappa shape index (κ2) is 7.43. The van der Waals surface area contributed by atoms with E-state index in [1.54, 1.807) is 6.07 Å². The molecule has 0 saturated carbocycles. The zero-order valence-electron chi connectivity index (χ0n) is 15.2. The third-order valence-electron chi connectivity index (χ3n) is 5.36. The Bertz CT molecular complexity index is 809. The van der Waals surface area contributed by atoms with Gasteiger partial charge in [-0.15, -0.1) is 0 Å². The maximum Gasteiger partial charge on any atom is 0.416 e. The summed E-state index contributed by atoms with van der Waals surface area (Å²) in [7, 11) is 0. The van der Waals surface area contributed by atoms with E-state index >= 15 is 0 Å². The number of piperidine rings is 1. The van der Waals surface area contributed by atoms with Gasteiger partial charge in [0.1, 0.15) is 0 Å². The minimum Gasteiger partial charge on any atom is -0.290 e. The number of halogens is 6. The molecule has 7 heteroatoms. The van der Waals surface area contributed by atoms with Crippen molar-refractivity contribution in [2.75, 3.05) is 6.54 Å². The maximum absolute atomic E-state index is 13.3. The third-order valence-corrected chi connectivity index (χ3v) is 5.36. The summed E-state index contributed by atoms with van der Waals surface area (Å²) in [6.07, 6.45) is -5.59. The summed E-state index contributed by atoms with van der Waals surface area (Å²) in [6, 6.07) is 10.3. The molecule has 1 aliphatic rings. The Morgan fingerprint density at radius 1 is 0.893 bits per heavy atom. The van der Waals surface area contributed by atoms with E-state index in [9.17, 15) is 26.3 Å². The molecule has 0 bridgehead atoms. The highest BCUT2D eigenvalue weighted by molar-refractivity contribution is 5.33. The van der Waals surface area contributed by atoms with Crippen LogP contribution in [0.3, 0.4) is 0 Å². The Kier molecular flexibility index (Phi) is 5.49.